The average Bonchev–Trinajstić information content (AvgIpc) is 3.02. The predicted octanol–water partition coefficient (Wildman–Crippen LogP) is 1.88. The first kappa shape index (κ1) is 18.6. The number of hydrogen-bond acceptors (Lipinski definition) is 6. The number of aryl methyl sites for hydroxylation is 2. The van der Waals surface area contributed by atoms with Gasteiger partial charge in [0.1, 0.15) is 0 Å². The molecule has 1 aromatic carbocycles. The number of benzene rings is 1. The van der Waals surface area contributed by atoms with Gasteiger partial charge in [-0.25, -0.2) is 18.4 Å². The van der Waals surface area contributed by atoms with Crippen LogP contribution in [0, 0.1) is 6.92 Å². The molecule has 8 nitrogen and oxygen atoms in total. The quantitative estimate of drug-likeness (QED) is 0.705. The van der Waals surface area contributed by atoms with Gasteiger partial charge < -0.3 is 5.32 Å². The van der Waals surface area contributed by atoms with Crippen molar-refractivity contribution in [2.24, 2.45) is 7.05 Å². The number of rotatable bonds is 5. The molecule has 0 radical (unpaired) electrons. The summed E-state index contributed by atoms with van der Waals surface area (Å²) >= 11 is 0. The molecular formula is C19H22N6O2S. The van der Waals surface area contributed by atoms with Crippen molar-refractivity contribution in [3.05, 3.63) is 65.2 Å². The Labute approximate surface area is 164 Å². The topological polar surface area (TPSA) is 93.0 Å². The lowest BCUT2D eigenvalue weighted by atomic mass is 10.1. The summed E-state index contributed by atoms with van der Waals surface area (Å²) in [4.78, 5) is 8.64. The standard InChI is InChI=1S/C19H22N6O2S/c1-14-5-3-6-15(11-14)28(26,27)25-10-7-16-17(23-24(2)18(16)13-25)12-22-19-20-8-4-9-21-19/h3-6,8-9,11H,7,10,12-13H2,1-2H3,(H,20,21,22). The molecule has 0 fully saturated rings. The zero-order valence-corrected chi connectivity index (χ0v) is 16.6. The van der Waals surface area contributed by atoms with Crippen LogP contribution in [0.4, 0.5) is 5.95 Å². The molecule has 0 unspecified atom stereocenters. The normalized spacial score (nSPS) is 14.6. The Morgan fingerprint density at radius 2 is 1.96 bits per heavy atom. The van der Waals surface area contributed by atoms with E-state index in [1.165, 1.54) is 4.31 Å². The highest BCUT2D eigenvalue weighted by Crippen LogP contribution is 2.27. The van der Waals surface area contributed by atoms with Crippen LogP contribution in [0.15, 0.2) is 47.6 Å². The van der Waals surface area contributed by atoms with E-state index in [0.29, 0.717) is 36.9 Å². The van der Waals surface area contributed by atoms with Crippen LogP contribution in [0.25, 0.3) is 0 Å². The Kier molecular flexibility index (Phi) is 4.86. The van der Waals surface area contributed by atoms with Gasteiger partial charge in [-0.15, -0.1) is 0 Å². The fourth-order valence-electron chi connectivity index (χ4n) is 3.46. The Morgan fingerprint density at radius 1 is 1.18 bits per heavy atom. The second-order valence-corrected chi connectivity index (χ2v) is 8.76. The molecule has 0 bridgehead atoms. The molecule has 1 N–H and O–H groups in total. The van der Waals surface area contributed by atoms with E-state index in [0.717, 1.165) is 22.5 Å². The fraction of sp³-hybridized carbons (Fsp3) is 0.316. The van der Waals surface area contributed by atoms with E-state index < -0.39 is 10.0 Å². The van der Waals surface area contributed by atoms with Crippen molar-refractivity contribution in [3.63, 3.8) is 0 Å². The van der Waals surface area contributed by atoms with E-state index >= 15 is 0 Å². The van der Waals surface area contributed by atoms with Crippen molar-refractivity contribution in [1.29, 1.82) is 0 Å². The molecular weight excluding hydrogens is 376 g/mol. The lowest BCUT2D eigenvalue weighted by Gasteiger charge is -2.27. The van der Waals surface area contributed by atoms with Gasteiger partial charge >= 0.3 is 0 Å². The van der Waals surface area contributed by atoms with Gasteiger partial charge in [0.2, 0.25) is 16.0 Å². The highest BCUT2D eigenvalue weighted by molar-refractivity contribution is 7.89. The Hall–Kier alpha value is -2.78. The van der Waals surface area contributed by atoms with Crippen LogP contribution in [-0.2, 0) is 36.6 Å². The number of nitrogens with one attached hydrogen (secondary N) is 1. The average molecular weight is 398 g/mol. The van der Waals surface area contributed by atoms with Crippen LogP contribution in [-0.4, -0.2) is 39.0 Å². The summed E-state index contributed by atoms with van der Waals surface area (Å²) in [6.45, 7) is 3.14. The molecule has 0 atom stereocenters. The second-order valence-electron chi connectivity index (χ2n) is 6.83. The number of nitrogens with zero attached hydrogens (tertiary/aromatic N) is 5. The van der Waals surface area contributed by atoms with Gasteiger partial charge in [0.15, 0.2) is 0 Å². The maximum atomic E-state index is 13.0. The van der Waals surface area contributed by atoms with E-state index in [1.54, 1.807) is 41.3 Å². The summed E-state index contributed by atoms with van der Waals surface area (Å²) in [5.74, 6) is 0.543. The molecule has 0 aliphatic carbocycles. The number of aromatic nitrogens is 4. The third kappa shape index (κ3) is 3.50. The number of fused-ring (bicyclic) bond motifs is 1. The molecule has 1 aliphatic heterocycles. The Morgan fingerprint density at radius 3 is 2.71 bits per heavy atom. The van der Waals surface area contributed by atoms with E-state index in [9.17, 15) is 8.42 Å². The molecule has 0 amide bonds. The molecule has 0 spiro atoms. The zero-order chi connectivity index (χ0) is 19.7. The monoisotopic (exact) mass is 398 g/mol. The lowest BCUT2D eigenvalue weighted by molar-refractivity contribution is 0.379. The lowest BCUT2D eigenvalue weighted by Crippen LogP contribution is -2.36. The van der Waals surface area contributed by atoms with Crippen molar-refractivity contribution in [2.45, 2.75) is 31.3 Å². The fourth-order valence-corrected chi connectivity index (χ4v) is 4.97. The SMILES string of the molecule is Cc1cccc(S(=O)(=O)N2CCc3c(CNc4ncccn4)nn(C)c3C2)c1. The van der Waals surface area contributed by atoms with Gasteiger partial charge in [-0.05, 0) is 37.1 Å². The van der Waals surface area contributed by atoms with Crippen molar-refractivity contribution >= 4 is 16.0 Å². The molecule has 28 heavy (non-hydrogen) atoms. The Balaban J connectivity index is 1.55. The van der Waals surface area contributed by atoms with E-state index in [1.807, 2.05) is 20.0 Å². The smallest absolute Gasteiger partial charge is 0.243 e. The minimum atomic E-state index is -3.53. The van der Waals surface area contributed by atoms with Crippen molar-refractivity contribution in [1.82, 2.24) is 24.1 Å². The summed E-state index contributed by atoms with van der Waals surface area (Å²) in [5, 5.41) is 7.76. The molecule has 4 rings (SSSR count). The first-order chi connectivity index (χ1) is 13.4. The minimum absolute atomic E-state index is 0.316. The van der Waals surface area contributed by atoms with Gasteiger partial charge in [-0.2, -0.15) is 9.40 Å². The maximum Gasteiger partial charge on any atom is 0.243 e. The van der Waals surface area contributed by atoms with E-state index in [4.69, 9.17) is 0 Å². The predicted molar refractivity (Wildman–Crippen MR) is 105 cm³/mol. The number of hydrogen-bond donors (Lipinski definition) is 1. The molecule has 146 valence electrons. The van der Waals surface area contributed by atoms with Gasteiger partial charge in [0, 0.05) is 31.5 Å². The van der Waals surface area contributed by atoms with Crippen LogP contribution in [0.5, 0.6) is 0 Å². The maximum absolute atomic E-state index is 13.0. The number of anilines is 1. The molecule has 3 aromatic rings. The van der Waals surface area contributed by atoms with Crippen LogP contribution >= 0.6 is 0 Å². The van der Waals surface area contributed by atoms with Gasteiger partial charge in [0.05, 0.1) is 29.4 Å². The van der Waals surface area contributed by atoms with Crippen LogP contribution in [0.2, 0.25) is 0 Å². The molecule has 2 aromatic heterocycles. The summed E-state index contributed by atoms with van der Waals surface area (Å²) in [6.07, 6.45) is 3.98. The molecule has 1 aliphatic rings. The van der Waals surface area contributed by atoms with Crippen LogP contribution < -0.4 is 5.32 Å². The first-order valence-corrected chi connectivity index (χ1v) is 10.5. The summed E-state index contributed by atoms with van der Waals surface area (Å²) in [5.41, 5.74) is 3.85. The van der Waals surface area contributed by atoms with Gasteiger partial charge in [-0.1, -0.05) is 12.1 Å². The van der Waals surface area contributed by atoms with E-state index in [-0.39, 0.29) is 0 Å². The first-order valence-electron chi connectivity index (χ1n) is 9.06. The number of sulfonamides is 1. The van der Waals surface area contributed by atoms with Crippen LogP contribution in [0.1, 0.15) is 22.5 Å². The largest absolute Gasteiger partial charge is 0.348 e. The molecule has 0 saturated heterocycles. The molecule has 9 heteroatoms. The summed E-state index contributed by atoms with van der Waals surface area (Å²) < 4.78 is 29.4. The third-order valence-electron chi connectivity index (χ3n) is 4.90. The second kappa shape index (κ2) is 7.33. The third-order valence-corrected chi connectivity index (χ3v) is 6.74. The minimum Gasteiger partial charge on any atom is -0.348 e. The van der Waals surface area contributed by atoms with E-state index in [2.05, 4.69) is 20.4 Å². The van der Waals surface area contributed by atoms with Crippen molar-refractivity contribution in [2.75, 3.05) is 11.9 Å². The molecule has 0 saturated carbocycles. The highest BCUT2D eigenvalue weighted by atomic mass is 32.2. The molecule has 3 heterocycles. The van der Waals surface area contributed by atoms with Gasteiger partial charge in [0.25, 0.3) is 0 Å². The Bertz CT molecular complexity index is 1090. The van der Waals surface area contributed by atoms with Crippen molar-refractivity contribution in [3.8, 4) is 0 Å². The highest BCUT2D eigenvalue weighted by Gasteiger charge is 2.31. The van der Waals surface area contributed by atoms with Crippen LogP contribution in [0.3, 0.4) is 0 Å². The van der Waals surface area contributed by atoms with Gasteiger partial charge in [-0.3, -0.25) is 4.68 Å². The van der Waals surface area contributed by atoms with Crippen molar-refractivity contribution < 1.29 is 8.42 Å². The zero-order valence-electron chi connectivity index (χ0n) is 15.8. The summed E-state index contributed by atoms with van der Waals surface area (Å²) in [6, 6.07) is 8.79. The summed E-state index contributed by atoms with van der Waals surface area (Å²) in [7, 11) is -1.68.